The van der Waals surface area contributed by atoms with Gasteiger partial charge in [0.15, 0.2) is 18.1 Å². The van der Waals surface area contributed by atoms with E-state index >= 15 is 0 Å². The molecule has 2 fully saturated rings. The first-order valence-corrected chi connectivity index (χ1v) is 13.6. The van der Waals surface area contributed by atoms with Gasteiger partial charge in [-0.25, -0.2) is 0 Å². The molecule has 0 saturated heterocycles. The van der Waals surface area contributed by atoms with Crippen molar-refractivity contribution in [2.45, 2.75) is 62.4 Å². The Morgan fingerprint density at radius 3 is 1.28 bits per heavy atom. The van der Waals surface area contributed by atoms with Gasteiger partial charge in [-0.15, -0.1) is 0 Å². The highest BCUT2D eigenvalue weighted by atomic mass is 28.4. The Balaban J connectivity index is 1.62. The molecule has 1 nitrogen and oxygen atoms in total. The van der Waals surface area contributed by atoms with Crippen LogP contribution in [0.1, 0.15) is 51.4 Å². The van der Waals surface area contributed by atoms with Gasteiger partial charge in [-0.3, -0.25) is 0 Å². The van der Waals surface area contributed by atoms with E-state index in [1.54, 1.807) is 10.4 Å². The van der Waals surface area contributed by atoms with Gasteiger partial charge in [-0.2, -0.15) is 0 Å². The molecule has 3 heteroatoms. The lowest BCUT2D eigenvalue weighted by Crippen LogP contribution is -2.48. The molecule has 25 heavy (non-hydrogen) atoms. The Hall–Kier alpha value is -1.17. The predicted octanol–water partition coefficient (Wildman–Crippen LogP) is 4.15. The monoisotopic (exact) mass is 366 g/mol. The molecular formula is C22H30OSi2. The average molecular weight is 367 g/mol. The van der Waals surface area contributed by atoms with Crippen molar-refractivity contribution in [1.82, 2.24) is 0 Å². The van der Waals surface area contributed by atoms with Gasteiger partial charge >= 0.3 is 0 Å². The van der Waals surface area contributed by atoms with Crippen molar-refractivity contribution < 1.29 is 4.12 Å². The Kier molecular flexibility index (Phi) is 5.85. The fourth-order valence-corrected chi connectivity index (χ4v) is 13.6. The Morgan fingerprint density at radius 1 is 0.560 bits per heavy atom. The zero-order valence-electron chi connectivity index (χ0n) is 15.1. The molecule has 2 saturated carbocycles. The third kappa shape index (κ3) is 4.16. The highest BCUT2D eigenvalue weighted by molar-refractivity contribution is 6.81. The quantitative estimate of drug-likeness (QED) is 0.698. The van der Waals surface area contributed by atoms with E-state index in [-0.39, 0.29) is 0 Å². The van der Waals surface area contributed by atoms with Crippen molar-refractivity contribution in [3.63, 3.8) is 0 Å². The second-order valence-electron chi connectivity index (χ2n) is 7.89. The molecule has 2 aromatic rings. The Labute approximate surface area is 155 Å². The topological polar surface area (TPSA) is 9.23 Å². The van der Waals surface area contributed by atoms with E-state index < -0.39 is 18.1 Å². The highest BCUT2D eigenvalue weighted by Crippen LogP contribution is 2.37. The highest BCUT2D eigenvalue weighted by Gasteiger charge is 2.36. The normalized spacial score (nSPS) is 21.4. The summed E-state index contributed by atoms with van der Waals surface area (Å²) in [6.07, 6.45) is 11.2. The molecule has 0 N–H and O–H groups in total. The molecule has 0 spiro atoms. The third-order valence-electron chi connectivity index (χ3n) is 6.21. The maximum absolute atomic E-state index is 7.27. The maximum Gasteiger partial charge on any atom is 0.198 e. The fourth-order valence-electron chi connectivity index (χ4n) is 4.89. The van der Waals surface area contributed by atoms with Crippen LogP contribution in [0.25, 0.3) is 0 Å². The van der Waals surface area contributed by atoms with Gasteiger partial charge in [0.1, 0.15) is 0 Å². The van der Waals surface area contributed by atoms with Crippen molar-refractivity contribution in [3.05, 3.63) is 60.7 Å². The molecule has 0 bridgehead atoms. The molecule has 2 atom stereocenters. The van der Waals surface area contributed by atoms with E-state index in [0.717, 1.165) is 11.1 Å². The molecular weight excluding hydrogens is 336 g/mol. The largest absolute Gasteiger partial charge is 0.453 e. The minimum absolute atomic E-state index is 0.850. The van der Waals surface area contributed by atoms with Gasteiger partial charge in [0.25, 0.3) is 0 Å². The lowest BCUT2D eigenvalue weighted by molar-refractivity contribution is 0.553. The van der Waals surface area contributed by atoms with Gasteiger partial charge in [0.2, 0.25) is 0 Å². The van der Waals surface area contributed by atoms with Crippen LogP contribution in [0.2, 0.25) is 11.1 Å². The van der Waals surface area contributed by atoms with Gasteiger partial charge in [-0.1, -0.05) is 112 Å². The number of rotatable bonds is 6. The Bertz CT molecular complexity index is 576. The van der Waals surface area contributed by atoms with Crippen molar-refractivity contribution in [2.24, 2.45) is 0 Å². The summed E-state index contributed by atoms with van der Waals surface area (Å²) in [7, 11) is -2.73. The first-order chi connectivity index (χ1) is 12.4. The minimum Gasteiger partial charge on any atom is -0.453 e. The van der Waals surface area contributed by atoms with Crippen molar-refractivity contribution >= 4 is 28.5 Å². The zero-order valence-corrected chi connectivity index (χ0v) is 17.5. The van der Waals surface area contributed by atoms with Gasteiger partial charge in [-0.05, 0) is 21.5 Å². The molecule has 2 unspecified atom stereocenters. The molecule has 2 aliphatic rings. The fraction of sp³-hybridized carbons (Fsp3) is 0.455. The maximum atomic E-state index is 7.27. The van der Waals surface area contributed by atoms with Crippen LogP contribution in [0.5, 0.6) is 0 Å². The lowest BCUT2D eigenvalue weighted by atomic mass is 10.4. The van der Waals surface area contributed by atoms with Crippen LogP contribution in [0.3, 0.4) is 0 Å². The van der Waals surface area contributed by atoms with Crippen LogP contribution in [0.15, 0.2) is 60.7 Å². The predicted molar refractivity (Wildman–Crippen MR) is 112 cm³/mol. The smallest absolute Gasteiger partial charge is 0.198 e. The van der Waals surface area contributed by atoms with E-state index in [1.165, 1.54) is 51.4 Å². The lowest BCUT2D eigenvalue weighted by Gasteiger charge is -2.31. The second kappa shape index (κ2) is 8.48. The molecule has 2 aromatic carbocycles. The van der Waals surface area contributed by atoms with Crippen LogP contribution in [-0.2, 0) is 4.12 Å². The van der Waals surface area contributed by atoms with Crippen LogP contribution in [0.4, 0.5) is 0 Å². The minimum atomic E-state index is -1.37. The second-order valence-corrected chi connectivity index (χ2v) is 13.9. The van der Waals surface area contributed by atoms with E-state index in [2.05, 4.69) is 60.7 Å². The van der Waals surface area contributed by atoms with Gasteiger partial charge < -0.3 is 4.12 Å². The first-order valence-electron chi connectivity index (χ1n) is 10.2. The van der Waals surface area contributed by atoms with Gasteiger partial charge in [0, 0.05) is 0 Å². The van der Waals surface area contributed by atoms with Crippen LogP contribution >= 0.6 is 0 Å². The third-order valence-corrected chi connectivity index (χ3v) is 13.7. The van der Waals surface area contributed by atoms with Crippen molar-refractivity contribution in [3.8, 4) is 0 Å². The van der Waals surface area contributed by atoms with Crippen LogP contribution in [0, 0.1) is 0 Å². The summed E-state index contributed by atoms with van der Waals surface area (Å²) in [5.41, 5.74) is 1.70. The molecule has 4 rings (SSSR count). The summed E-state index contributed by atoms with van der Waals surface area (Å²) in [6, 6.07) is 22.5. The summed E-state index contributed by atoms with van der Waals surface area (Å²) >= 11 is 0. The number of hydrogen-bond donors (Lipinski definition) is 0. The molecule has 0 heterocycles. The molecule has 0 radical (unpaired) electrons. The number of benzene rings is 2. The Morgan fingerprint density at radius 2 is 0.920 bits per heavy atom. The van der Waals surface area contributed by atoms with E-state index in [0.29, 0.717) is 0 Å². The molecule has 132 valence electrons. The SMILES string of the molecule is c1ccc([SiH](O[SiH](c2ccccc2)C2CCCC2)C2CCCC2)cc1. The molecule has 0 aromatic heterocycles. The van der Waals surface area contributed by atoms with E-state index in [9.17, 15) is 0 Å². The summed E-state index contributed by atoms with van der Waals surface area (Å²) in [6.45, 7) is 0. The van der Waals surface area contributed by atoms with Crippen molar-refractivity contribution in [2.75, 3.05) is 0 Å². The summed E-state index contributed by atoms with van der Waals surface area (Å²) in [5.74, 6) is 0. The summed E-state index contributed by atoms with van der Waals surface area (Å²) in [4.78, 5) is 0. The van der Waals surface area contributed by atoms with Crippen LogP contribution in [-0.4, -0.2) is 18.1 Å². The van der Waals surface area contributed by atoms with Gasteiger partial charge in [0.05, 0.1) is 0 Å². The first kappa shape index (κ1) is 17.3. The summed E-state index contributed by atoms with van der Waals surface area (Å²) < 4.78 is 7.27. The van der Waals surface area contributed by atoms with E-state index in [4.69, 9.17) is 4.12 Å². The zero-order chi connectivity index (χ0) is 16.9. The van der Waals surface area contributed by atoms with E-state index in [1.807, 2.05) is 0 Å². The summed E-state index contributed by atoms with van der Waals surface area (Å²) in [5, 5.41) is 3.08. The average Bonchev–Trinajstić information content (AvgIpc) is 3.38. The van der Waals surface area contributed by atoms with Crippen molar-refractivity contribution in [1.29, 1.82) is 0 Å². The molecule has 2 aliphatic carbocycles. The number of hydrogen-bond acceptors (Lipinski definition) is 1. The molecule has 0 aliphatic heterocycles. The molecule has 0 amide bonds. The van der Waals surface area contributed by atoms with Crippen LogP contribution < -0.4 is 10.4 Å². The standard InChI is InChI=1S/C22H30OSi2/c1-3-11-19(12-4-1)24(21-15-7-8-16-21)23-25(22-17-9-10-18-22)20-13-5-2-6-14-20/h1-6,11-14,21-22,24-25H,7-10,15-18H2.